The molecule has 0 spiro atoms. The van der Waals surface area contributed by atoms with Gasteiger partial charge in [-0.05, 0) is 107 Å². The molecule has 4 rings (SSSR count). The summed E-state index contributed by atoms with van der Waals surface area (Å²) in [6.45, 7) is 10.6. The number of rotatable bonds is 3. The molecule has 6 heteroatoms. The van der Waals surface area contributed by atoms with Crippen LogP contribution in [0.15, 0.2) is 0 Å². The van der Waals surface area contributed by atoms with Crippen molar-refractivity contribution in [3.05, 3.63) is 0 Å². The van der Waals surface area contributed by atoms with Gasteiger partial charge in [0.05, 0.1) is 0 Å². The van der Waals surface area contributed by atoms with Gasteiger partial charge in [0.2, 0.25) is 5.60 Å². The van der Waals surface area contributed by atoms with Crippen LogP contribution in [0.5, 0.6) is 0 Å². The fourth-order valence-electron chi connectivity index (χ4n) is 7.77. The van der Waals surface area contributed by atoms with Crippen LogP contribution < -0.4 is 0 Å². The standard InChI is InChI=1S/C23H35F3O3/c1-11-12(2)16-9-15(11)18-13-7-14(17(8-13)19(16)18)10-22(6,23(24,25)26)29-20(27)28-21(3,4)5/h11-19H,7-10H2,1-6H3. The zero-order valence-electron chi connectivity index (χ0n) is 18.4. The number of carbonyl (C=O) groups excluding carboxylic acids is 1. The topological polar surface area (TPSA) is 35.5 Å². The summed E-state index contributed by atoms with van der Waals surface area (Å²) in [5.41, 5.74) is -3.39. The average molecular weight is 417 g/mol. The largest absolute Gasteiger partial charge is 0.509 e. The summed E-state index contributed by atoms with van der Waals surface area (Å²) >= 11 is 0. The zero-order valence-corrected chi connectivity index (χ0v) is 18.4. The SMILES string of the molecule is CC1C(C)C2CC1C1C3CC(CC(C)(OC(=O)OC(C)(C)C)C(F)(F)F)C(C3)C21. The molecule has 0 radical (unpaired) electrons. The Morgan fingerprint density at radius 2 is 1.45 bits per heavy atom. The summed E-state index contributed by atoms with van der Waals surface area (Å²) in [4.78, 5) is 12.1. The van der Waals surface area contributed by atoms with Crippen LogP contribution in [0.1, 0.15) is 67.2 Å². The Bertz CT molecular complexity index is 669. The van der Waals surface area contributed by atoms with E-state index in [2.05, 4.69) is 13.8 Å². The van der Waals surface area contributed by atoms with Crippen molar-refractivity contribution in [1.82, 2.24) is 0 Å². The second-order valence-corrected chi connectivity index (χ2v) is 11.6. The van der Waals surface area contributed by atoms with Crippen molar-refractivity contribution < 1.29 is 27.4 Å². The first kappa shape index (κ1) is 21.3. The second kappa shape index (κ2) is 6.53. The fraction of sp³-hybridized carbons (Fsp3) is 0.957. The molecular formula is C23H35F3O3. The third-order valence-corrected chi connectivity index (χ3v) is 8.93. The minimum Gasteiger partial charge on any atom is -0.429 e. The number of alkyl halides is 3. The third kappa shape index (κ3) is 3.37. The van der Waals surface area contributed by atoms with Crippen LogP contribution in [0.4, 0.5) is 18.0 Å². The van der Waals surface area contributed by atoms with Crippen molar-refractivity contribution in [2.45, 2.75) is 84.6 Å². The van der Waals surface area contributed by atoms with Crippen molar-refractivity contribution >= 4 is 6.16 Å². The maximum Gasteiger partial charge on any atom is 0.509 e. The first-order chi connectivity index (χ1) is 13.2. The van der Waals surface area contributed by atoms with E-state index in [-0.39, 0.29) is 12.3 Å². The van der Waals surface area contributed by atoms with Gasteiger partial charge in [-0.2, -0.15) is 13.2 Å². The lowest BCUT2D eigenvalue weighted by atomic mass is 9.61. The lowest BCUT2D eigenvalue weighted by Gasteiger charge is -2.45. The first-order valence-corrected chi connectivity index (χ1v) is 11.2. The van der Waals surface area contributed by atoms with Gasteiger partial charge in [0.25, 0.3) is 0 Å². The van der Waals surface area contributed by atoms with Crippen molar-refractivity contribution in [3.8, 4) is 0 Å². The Morgan fingerprint density at radius 1 is 0.862 bits per heavy atom. The summed E-state index contributed by atoms with van der Waals surface area (Å²) in [5, 5.41) is 0. The number of hydrogen-bond acceptors (Lipinski definition) is 3. The molecule has 4 fully saturated rings. The highest BCUT2D eigenvalue weighted by atomic mass is 19.4. The van der Waals surface area contributed by atoms with E-state index in [0.29, 0.717) is 29.6 Å². The molecule has 0 aromatic rings. The molecule has 4 aliphatic carbocycles. The molecule has 0 heterocycles. The van der Waals surface area contributed by atoms with Crippen molar-refractivity contribution in [1.29, 1.82) is 0 Å². The molecule has 29 heavy (non-hydrogen) atoms. The van der Waals surface area contributed by atoms with Gasteiger partial charge in [-0.1, -0.05) is 13.8 Å². The molecule has 0 amide bonds. The Kier molecular flexibility index (Phi) is 4.79. The van der Waals surface area contributed by atoms with E-state index in [0.717, 1.165) is 37.5 Å². The normalized spacial score (nSPS) is 45.2. The lowest BCUT2D eigenvalue weighted by Crippen LogP contribution is -2.50. The number of halogens is 3. The number of carbonyl (C=O) groups is 1. The van der Waals surface area contributed by atoms with Crippen LogP contribution in [0, 0.1) is 53.3 Å². The highest BCUT2D eigenvalue weighted by Crippen LogP contribution is 2.72. The van der Waals surface area contributed by atoms with E-state index >= 15 is 0 Å². The highest BCUT2D eigenvalue weighted by Gasteiger charge is 2.67. The van der Waals surface area contributed by atoms with Gasteiger partial charge in [0.1, 0.15) is 5.60 Å². The van der Waals surface area contributed by atoms with Gasteiger partial charge in [0.15, 0.2) is 0 Å². The Morgan fingerprint density at radius 3 is 2.00 bits per heavy atom. The fourth-order valence-corrected chi connectivity index (χ4v) is 7.77. The van der Waals surface area contributed by atoms with E-state index in [4.69, 9.17) is 9.47 Å². The zero-order chi connectivity index (χ0) is 21.5. The lowest BCUT2D eigenvalue weighted by molar-refractivity contribution is -0.266. The molecule has 4 aliphatic rings. The first-order valence-electron chi connectivity index (χ1n) is 11.2. The van der Waals surface area contributed by atoms with Crippen molar-refractivity contribution in [3.63, 3.8) is 0 Å². The monoisotopic (exact) mass is 416 g/mol. The van der Waals surface area contributed by atoms with Crippen LogP contribution in [0.25, 0.3) is 0 Å². The van der Waals surface area contributed by atoms with Gasteiger partial charge in [-0.15, -0.1) is 0 Å². The molecule has 10 atom stereocenters. The maximum atomic E-state index is 14.0. The minimum absolute atomic E-state index is 0.0304. The molecule has 10 unspecified atom stereocenters. The quantitative estimate of drug-likeness (QED) is 0.391. The molecule has 166 valence electrons. The van der Waals surface area contributed by atoms with Crippen molar-refractivity contribution in [2.24, 2.45) is 53.3 Å². The Hall–Kier alpha value is -0.940. The molecular weight excluding hydrogens is 381 g/mol. The van der Waals surface area contributed by atoms with Crippen LogP contribution in [0.2, 0.25) is 0 Å². The molecule has 0 N–H and O–H groups in total. The highest BCUT2D eigenvalue weighted by molar-refractivity contribution is 5.61. The number of fused-ring (bicyclic) bond motifs is 9. The predicted octanol–water partition coefficient (Wildman–Crippen LogP) is 6.46. The van der Waals surface area contributed by atoms with Crippen LogP contribution >= 0.6 is 0 Å². The predicted molar refractivity (Wildman–Crippen MR) is 103 cm³/mol. The summed E-state index contributed by atoms with van der Waals surface area (Å²) in [7, 11) is 0. The van der Waals surface area contributed by atoms with Crippen LogP contribution in [0.3, 0.4) is 0 Å². The van der Waals surface area contributed by atoms with Gasteiger partial charge < -0.3 is 9.47 Å². The second-order valence-electron chi connectivity index (χ2n) is 11.6. The molecule has 0 aromatic carbocycles. The number of hydrogen-bond donors (Lipinski definition) is 0. The third-order valence-electron chi connectivity index (χ3n) is 8.93. The van der Waals surface area contributed by atoms with E-state index in [1.807, 2.05) is 0 Å². The van der Waals surface area contributed by atoms with Crippen LogP contribution in [-0.2, 0) is 9.47 Å². The molecule has 3 nitrogen and oxygen atoms in total. The average Bonchev–Trinajstić information content (AvgIpc) is 3.24. The van der Waals surface area contributed by atoms with E-state index in [9.17, 15) is 18.0 Å². The van der Waals surface area contributed by atoms with Gasteiger partial charge in [0, 0.05) is 0 Å². The van der Waals surface area contributed by atoms with Gasteiger partial charge >= 0.3 is 12.3 Å². The summed E-state index contributed by atoms with van der Waals surface area (Å²) in [6, 6.07) is 0. The van der Waals surface area contributed by atoms with Crippen LogP contribution in [-0.4, -0.2) is 23.5 Å². The Balaban J connectivity index is 1.49. The number of ether oxygens (including phenoxy) is 2. The summed E-state index contributed by atoms with van der Waals surface area (Å²) in [5.74, 6) is 5.02. The molecule has 4 bridgehead atoms. The van der Waals surface area contributed by atoms with Gasteiger partial charge in [-0.25, -0.2) is 4.79 Å². The molecule has 4 saturated carbocycles. The van der Waals surface area contributed by atoms with E-state index in [1.54, 1.807) is 20.8 Å². The summed E-state index contributed by atoms with van der Waals surface area (Å²) < 4.78 is 52.0. The molecule has 0 aromatic heterocycles. The summed E-state index contributed by atoms with van der Waals surface area (Å²) in [6.07, 6.45) is -2.83. The van der Waals surface area contributed by atoms with Crippen molar-refractivity contribution in [2.75, 3.05) is 0 Å². The van der Waals surface area contributed by atoms with Gasteiger partial charge in [-0.3, -0.25) is 0 Å². The van der Waals surface area contributed by atoms with E-state index in [1.165, 1.54) is 6.42 Å². The molecule has 0 aliphatic heterocycles. The maximum absolute atomic E-state index is 14.0. The minimum atomic E-state index is -4.62. The Labute approximate surface area is 172 Å². The smallest absolute Gasteiger partial charge is 0.429 e. The molecule has 0 saturated heterocycles. The van der Waals surface area contributed by atoms with E-state index < -0.39 is 23.5 Å².